The zero-order valence-corrected chi connectivity index (χ0v) is 14.2. The second-order valence-corrected chi connectivity index (χ2v) is 6.28. The van der Waals surface area contributed by atoms with Crippen LogP contribution in [0.5, 0.6) is 0 Å². The molecule has 24 heavy (non-hydrogen) atoms. The van der Waals surface area contributed by atoms with Crippen LogP contribution in [0.4, 0.5) is 5.82 Å². The molecule has 6 heteroatoms. The molecule has 0 fully saturated rings. The summed E-state index contributed by atoms with van der Waals surface area (Å²) in [4.78, 5) is 16.5. The third-order valence-corrected chi connectivity index (χ3v) is 4.17. The van der Waals surface area contributed by atoms with Gasteiger partial charge in [-0.25, -0.2) is 0 Å². The molecule has 0 unspecified atom stereocenters. The van der Waals surface area contributed by atoms with Crippen molar-refractivity contribution in [2.45, 2.75) is 13.0 Å². The molecule has 0 atom stereocenters. The van der Waals surface area contributed by atoms with Crippen LogP contribution in [0.3, 0.4) is 0 Å². The summed E-state index contributed by atoms with van der Waals surface area (Å²) in [7, 11) is 4.04. The highest BCUT2D eigenvalue weighted by atomic mass is 16.2. The van der Waals surface area contributed by atoms with E-state index in [-0.39, 0.29) is 5.91 Å². The number of amides is 1. The van der Waals surface area contributed by atoms with E-state index in [9.17, 15) is 4.79 Å². The largest absolute Gasteiger partial charge is 0.367 e. The molecule has 3 rings (SSSR count). The predicted octanol–water partition coefficient (Wildman–Crippen LogP) is 1.65. The maximum absolute atomic E-state index is 12.6. The van der Waals surface area contributed by atoms with Crippen LogP contribution < -0.4 is 5.32 Å². The van der Waals surface area contributed by atoms with E-state index in [1.54, 1.807) is 6.07 Å². The van der Waals surface area contributed by atoms with Gasteiger partial charge in [0.2, 0.25) is 0 Å². The van der Waals surface area contributed by atoms with E-state index in [0.717, 1.165) is 26.1 Å². The number of hydrogen-bond acceptors (Lipinski definition) is 5. The number of likely N-dealkylation sites (N-methyl/N-ethyl adjacent to an activating group) is 1. The molecule has 126 valence electrons. The fraction of sp³-hybridized carbons (Fsp3) is 0.389. The van der Waals surface area contributed by atoms with E-state index >= 15 is 0 Å². The number of aromatic nitrogens is 2. The van der Waals surface area contributed by atoms with Gasteiger partial charge in [-0.15, -0.1) is 10.2 Å². The Morgan fingerprint density at radius 2 is 1.96 bits per heavy atom. The number of nitrogens with one attached hydrogen (secondary N) is 1. The summed E-state index contributed by atoms with van der Waals surface area (Å²) in [6.07, 6.45) is 0.888. The lowest BCUT2D eigenvalue weighted by Crippen LogP contribution is -2.36. The highest BCUT2D eigenvalue weighted by Gasteiger charge is 2.22. The molecule has 0 radical (unpaired) electrons. The van der Waals surface area contributed by atoms with Gasteiger partial charge in [-0.2, -0.15) is 0 Å². The zero-order valence-electron chi connectivity index (χ0n) is 14.2. The summed E-state index contributed by atoms with van der Waals surface area (Å²) >= 11 is 0. The molecule has 0 bridgehead atoms. The van der Waals surface area contributed by atoms with Crippen LogP contribution in [0.25, 0.3) is 0 Å². The number of nitrogens with zero attached hydrogens (tertiary/aromatic N) is 4. The maximum atomic E-state index is 12.6. The first-order chi connectivity index (χ1) is 11.6. The molecule has 1 aromatic heterocycles. The van der Waals surface area contributed by atoms with Crippen molar-refractivity contribution in [2.75, 3.05) is 39.0 Å². The SMILES string of the molecule is CN(C)CCNc1ccc(C(=O)N2CCc3ccccc3C2)nn1. The Labute approximate surface area is 142 Å². The molecule has 2 aromatic rings. The fourth-order valence-electron chi connectivity index (χ4n) is 2.78. The molecule has 1 amide bonds. The average molecular weight is 325 g/mol. The van der Waals surface area contributed by atoms with Crippen molar-refractivity contribution >= 4 is 11.7 Å². The zero-order chi connectivity index (χ0) is 16.9. The number of benzene rings is 1. The monoisotopic (exact) mass is 325 g/mol. The van der Waals surface area contributed by atoms with Crippen molar-refractivity contribution in [2.24, 2.45) is 0 Å². The van der Waals surface area contributed by atoms with Gasteiger partial charge in [0.25, 0.3) is 5.91 Å². The standard InChI is InChI=1S/C18H23N5O/c1-22(2)12-10-19-17-8-7-16(20-21-17)18(24)23-11-9-14-5-3-4-6-15(14)13-23/h3-8H,9-13H2,1-2H3,(H,19,21). The number of carbonyl (C=O) groups excluding carboxylic acids is 1. The van der Waals surface area contributed by atoms with Gasteiger partial charge in [0.15, 0.2) is 5.69 Å². The van der Waals surface area contributed by atoms with Gasteiger partial charge < -0.3 is 15.1 Å². The Morgan fingerprint density at radius 3 is 2.67 bits per heavy atom. The Balaban J connectivity index is 1.61. The molecular weight excluding hydrogens is 302 g/mol. The summed E-state index contributed by atoms with van der Waals surface area (Å²) in [6, 6.07) is 11.8. The Hall–Kier alpha value is -2.47. The van der Waals surface area contributed by atoms with E-state index in [1.807, 2.05) is 37.2 Å². The second kappa shape index (κ2) is 7.40. The quantitative estimate of drug-likeness (QED) is 0.906. The van der Waals surface area contributed by atoms with Crippen molar-refractivity contribution < 1.29 is 4.79 Å². The lowest BCUT2D eigenvalue weighted by atomic mass is 10.00. The highest BCUT2D eigenvalue weighted by molar-refractivity contribution is 5.92. The number of carbonyl (C=O) groups is 1. The van der Waals surface area contributed by atoms with Crippen molar-refractivity contribution in [1.29, 1.82) is 0 Å². The minimum Gasteiger partial charge on any atom is -0.367 e. The lowest BCUT2D eigenvalue weighted by Gasteiger charge is -2.28. The van der Waals surface area contributed by atoms with Crippen LogP contribution in [-0.4, -0.2) is 59.6 Å². The lowest BCUT2D eigenvalue weighted by molar-refractivity contribution is 0.0727. The summed E-state index contributed by atoms with van der Waals surface area (Å²) in [5.74, 6) is 0.634. The summed E-state index contributed by atoms with van der Waals surface area (Å²) < 4.78 is 0. The van der Waals surface area contributed by atoms with E-state index in [4.69, 9.17) is 0 Å². The van der Waals surface area contributed by atoms with Gasteiger partial charge in [0.1, 0.15) is 5.82 Å². The van der Waals surface area contributed by atoms with E-state index < -0.39 is 0 Å². The first-order valence-corrected chi connectivity index (χ1v) is 8.22. The van der Waals surface area contributed by atoms with Crippen LogP contribution in [0, 0.1) is 0 Å². The van der Waals surface area contributed by atoms with Gasteiger partial charge in [0, 0.05) is 26.2 Å². The normalized spacial score (nSPS) is 13.7. The van der Waals surface area contributed by atoms with Gasteiger partial charge in [0.05, 0.1) is 0 Å². The first-order valence-electron chi connectivity index (χ1n) is 8.22. The molecule has 6 nitrogen and oxygen atoms in total. The molecule has 0 saturated carbocycles. The molecular formula is C18H23N5O. The summed E-state index contributed by atoms with van der Waals surface area (Å²) in [5, 5.41) is 11.4. The van der Waals surface area contributed by atoms with Crippen LogP contribution in [0.2, 0.25) is 0 Å². The van der Waals surface area contributed by atoms with E-state index in [2.05, 4.69) is 32.5 Å². The Morgan fingerprint density at radius 1 is 1.17 bits per heavy atom. The van der Waals surface area contributed by atoms with Crippen LogP contribution in [-0.2, 0) is 13.0 Å². The summed E-state index contributed by atoms with van der Waals surface area (Å²) in [6.45, 7) is 3.06. The van der Waals surface area contributed by atoms with Crippen LogP contribution in [0.15, 0.2) is 36.4 Å². The number of anilines is 1. The average Bonchev–Trinajstić information content (AvgIpc) is 2.61. The Bertz CT molecular complexity index is 699. The minimum atomic E-state index is -0.0585. The molecule has 0 spiro atoms. The van der Waals surface area contributed by atoms with Crippen molar-refractivity contribution in [1.82, 2.24) is 20.0 Å². The first kappa shape index (κ1) is 16.4. The van der Waals surface area contributed by atoms with Crippen molar-refractivity contribution in [3.63, 3.8) is 0 Å². The fourth-order valence-corrected chi connectivity index (χ4v) is 2.78. The minimum absolute atomic E-state index is 0.0585. The third kappa shape index (κ3) is 3.89. The number of hydrogen-bond donors (Lipinski definition) is 1. The van der Waals surface area contributed by atoms with Crippen molar-refractivity contribution in [3.8, 4) is 0 Å². The van der Waals surface area contributed by atoms with Gasteiger partial charge >= 0.3 is 0 Å². The Kier molecular flexibility index (Phi) is 5.05. The maximum Gasteiger partial charge on any atom is 0.274 e. The van der Waals surface area contributed by atoms with Gasteiger partial charge in [-0.1, -0.05) is 24.3 Å². The topological polar surface area (TPSA) is 61.4 Å². The van der Waals surface area contributed by atoms with E-state index in [0.29, 0.717) is 18.1 Å². The molecule has 1 aliphatic heterocycles. The highest BCUT2D eigenvalue weighted by Crippen LogP contribution is 2.19. The number of rotatable bonds is 5. The molecule has 0 saturated heterocycles. The predicted molar refractivity (Wildman–Crippen MR) is 94.0 cm³/mol. The smallest absolute Gasteiger partial charge is 0.274 e. The van der Waals surface area contributed by atoms with E-state index in [1.165, 1.54) is 11.1 Å². The molecule has 2 heterocycles. The number of fused-ring (bicyclic) bond motifs is 1. The third-order valence-electron chi connectivity index (χ3n) is 4.17. The second-order valence-electron chi connectivity index (χ2n) is 6.28. The molecule has 0 aliphatic carbocycles. The molecule has 1 aliphatic rings. The summed E-state index contributed by atoms with van der Waals surface area (Å²) in [5.41, 5.74) is 2.94. The molecule has 1 N–H and O–H groups in total. The van der Waals surface area contributed by atoms with Gasteiger partial charge in [-0.3, -0.25) is 4.79 Å². The van der Waals surface area contributed by atoms with Crippen molar-refractivity contribution in [3.05, 3.63) is 53.2 Å². The molecule has 1 aromatic carbocycles. The van der Waals surface area contributed by atoms with Crippen LogP contribution >= 0.6 is 0 Å². The van der Waals surface area contributed by atoms with Crippen LogP contribution in [0.1, 0.15) is 21.6 Å². The van der Waals surface area contributed by atoms with Gasteiger partial charge in [-0.05, 0) is 43.8 Å².